The number of benzene rings is 1. The molecule has 0 aliphatic rings. The van der Waals surface area contributed by atoms with Crippen LogP contribution in [0.2, 0.25) is 0 Å². The Morgan fingerprint density at radius 3 is 2.47 bits per heavy atom. The molecule has 0 unspecified atom stereocenters. The van der Waals surface area contributed by atoms with Crippen LogP contribution in [0.15, 0.2) is 29.2 Å². The summed E-state index contributed by atoms with van der Waals surface area (Å²) in [6.45, 7) is -0.594. The first-order chi connectivity index (χ1) is 7.08. The summed E-state index contributed by atoms with van der Waals surface area (Å²) < 4.78 is 23.5. The van der Waals surface area contributed by atoms with Crippen LogP contribution in [0.4, 0.5) is 8.78 Å². The Morgan fingerprint density at radius 1 is 1.33 bits per heavy atom. The minimum absolute atomic E-state index is 0.112. The zero-order valence-electron chi connectivity index (χ0n) is 7.91. The van der Waals surface area contributed by atoms with Crippen LogP contribution in [-0.4, -0.2) is 18.9 Å². The van der Waals surface area contributed by atoms with Crippen molar-refractivity contribution in [2.24, 2.45) is 0 Å². The Balaban J connectivity index is 2.41. The van der Waals surface area contributed by atoms with Gasteiger partial charge in [-0.2, -0.15) is 0 Å². The largest absolute Gasteiger partial charge is 0.350 e. The molecule has 0 bridgehead atoms. The molecule has 0 atom stereocenters. The van der Waals surface area contributed by atoms with E-state index < -0.39 is 18.9 Å². The number of thiol groups is 1. The molecule has 0 fully saturated rings. The van der Waals surface area contributed by atoms with E-state index in [4.69, 9.17) is 0 Å². The summed E-state index contributed by atoms with van der Waals surface area (Å²) in [7, 11) is 0. The predicted molar refractivity (Wildman–Crippen MR) is 56.4 cm³/mol. The first kappa shape index (κ1) is 12.0. The topological polar surface area (TPSA) is 29.1 Å². The van der Waals surface area contributed by atoms with E-state index in [1.807, 2.05) is 0 Å². The Bertz CT molecular complexity index is 327. The monoisotopic (exact) mass is 231 g/mol. The highest BCUT2D eigenvalue weighted by molar-refractivity contribution is 7.80. The van der Waals surface area contributed by atoms with Crippen molar-refractivity contribution in [3.63, 3.8) is 0 Å². The molecular weight excluding hydrogens is 220 g/mol. The first-order valence-corrected chi connectivity index (χ1v) is 4.85. The van der Waals surface area contributed by atoms with Gasteiger partial charge in [-0.15, -0.1) is 12.6 Å². The minimum Gasteiger partial charge on any atom is -0.350 e. The van der Waals surface area contributed by atoms with E-state index in [-0.39, 0.29) is 6.42 Å². The lowest BCUT2D eigenvalue weighted by Gasteiger charge is -2.04. The minimum atomic E-state index is -2.51. The quantitative estimate of drug-likeness (QED) is 0.761. The molecule has 5 heteroatoms. The Labute approximate surface area is 92.1 Å². The molecule has 2 nitrogen and oxygen atoms in total. The lowest BCUT2D eigenvalue weighted by atomic mass is 10.1. The van der Waals surface area contributed by atoms with Gasteiger partial charge in [-0.3, -0.25) is 4.79 Å². The average Bonchev–Trinajstić information content (AvgIpc) is 2.19. The number of nitrogens with one attached hydrogen (secondary N) is 1. The molecule has 0 aromatic heterocycles. The van der Waals surface area contributed by atoms with E-state index in [2.05, 4.69) is 17.9 Å². The predicted octanol–water partition coefficient (Wildman–Crippen LogP) is 1.90. The highest BCUT2D eigenvalue weighted by Crippen LogP contribution is 2.08. The van der Waals surface area contributed by atoms with Gasteiger partial charge in [0.2, 0.25) is 5.91 Å². The molecule has 82 valence electrons. The second-order valence-electron chi connectivity index (χ2n) is 3.04. The van der Waals surface area contributed by atoms with E-state index in [1.54, 1.807) is 24.3 Å². The van der Waals surface area contributed by atoms with E-state index in [1.165, 1.54) is 0 Å². The third kappa shape index (κ3) is 4.78. The summed E-state index contributed by atoms with van der Waals surface area (Å²) in [5.74, 6) is -0.401. The summed E-state index contributed by atoms with van der Waals surface area (Å²) in [6.07, 6.45) is -2.39. The zero-order valence-corrected chi connectivity index (χ0v) is 8.81. The Kier molecular flexibility index (Phi) is 4.55. The van der Waals surface area contributed by atoms with Crippen molar-refractivity contribution < 1.29 is 13.6 Å². The normalized spacial score (nSPS) is 10.4. The smallest absolute Gasteiger partial charge is 0.255 e. The van der Waals surface area contributed by atoms with E-state index in [0.29, 0.717) is 0 Å². The number of hydrogen-bond acceptors (Lipinski definition) is 2. The molecule has 1 amide bonds. The second-order valence-corrected chi connectivity index (χ2v) is 3.55. The number of carbonyl (C=O) groups is 1. The van der Waals surface area contributed by atoms with Crippen LogP contribution in [0.5, 0.6) is 0 Å². The number of amides is 1. The molecule has 0 spiro atoms. The Hall–Kier alpha value is -1.10. The fourth-order valence-corrected chi connectivity index (χ4v) is 1.20. The number of carbonyl (C=O) groups excluding carboxylic acids is 1. The third-order valence-corrected chi connectivity index (χ3v) is 2.05. The van der Waals surface area contributed by atoms with Crippen molar-refractivity contribution >= 4 is 18.5 Å². The maximum absolute atomic E-state index is 11.8. The number of rotatable bonds is 4. The number of alkyl halides is 2. The SMILES string of the molecule is O=C(Cc1ccc(S)cc1)NCC(F)F. The molecular formula is C10H11F2NOS. The highest BCUT2D eigenvalue weighted by Gasteiger charge is 2.06. The van der Waals surface area contributed by atoms with Gasteiger partial charge in [-0.05, 0) is 17.7 Å². The molecule has 1 N–H and O–H groups in total. The average molecular weight is 231 g/mol. The molecule has 1 aromatic rings. The van der Waals surface area contributed by atoms with Gasteiger partial charge >= 0.3 is 0 Å². The molecule has 0 saturated carbocycles. The summed E-state index contributed by atoms with van der Waals surface area (Å²) in [5, 5.41) is 2.14. The molecule has 0 heterocycles. The van der Waals surface area contributed by atoms with E-state index >= 15 is 0 Å². The van der Waals surface area contributed by atoms with Crippen LogP contribution in [0.3, 0.4) is 0 Å². The number of halogens is 2. The summed E-state index contributed by atoms with van der Waals surface area (Å²) in [5.41, 5.74) is 0.777. The van der Waals surface area contributed by atoms with Crippen molar-refractivity contribution in [3.05, 3.63) is 29.8 Å². The van der Waals surface area contributed by atoms with Gasteiger partial charge in [-0.25, -0.2) is 8.78 Å². The fourth-order valence-electron chi connectivity index (χ4n) is 1.05. The lowest BCUT2D eigenvalue weighted by Crippen LogP contribution is -2.29. The van der Waals surface area contributed by atoms with Crippen molar-refractivity contribution in [3.8, 4) is 0 Å². The summed E-state index contributed by atoms with van der Waals surface area (Å²) >= 11 is 4.09. The zero-order chi connectivity index (χ0) is 11.3. The van der Waals surface area contributed by atoms with Gasteiger partial charge in [0, 0.05) is 4.90 Å². The Morgan fingerprint density at radius 2 is 1.93 bits per heavy atom. The number of hydrogen-bond donors (Lipinski definition) is 2. The van der Waals surface area contributed by atoms with Gasteiger partial charge in [0.25, 0.3) is 6.43 Å². The van der Waals surface area contributed by atoms with Crippen molar-refractivity contribution in [1.29, 1.82) is 0 Å². The van der Waals surface area contributed by atoms with Gasteiger partial charge in [0.05, 0.1) is 13.0 Å². The van der Waals surface area contributed by atoms with E-state index in [0.717, 1.165) is 10.5 Å². The van der Waals surface area contributed by atoms with Gasteiger partial charge in [-0.1, -0.05) is 12.1 Å². The van der Waals surface area contributed by atoms with Crippen LogP contribution in [-0.2, 0) is 11.2 Å². The maximum Gasteiger partial charge on any atom is 0.255 e. The summed E-state index contributed by atoms with van der Waals surface area (Å²) in [4.78, 5) is 11.9. The van der Waals surface area contributed by atoms with Crippen LogP contribution >= 0.6 is 12.6 Å². The molecule has 0 aliphatic carbocycles. The summed E-state index contributed by atoms with van der Waals surface area (Å²) in [6, 6.07) is 6.98. The van der Waals surface area contributed by atoms with Gasteiger partial charge in [0.1, 0.15) is 0 Å². The maximum atomic E-state index is 11.8. The van der Waals surface area contributed by atoms with Gasteiger partial charge < -0.3 is 5.32 Å². The van der Waals surface area contributed by atoms with Crippen LogP contribution in [0.25, 0.3) is 0 Å². The molecule has 1 rings (SSSR count). The fraction of sp³-hybridized carbons (Fsp3) is 0.300. The van der Waals surface area contributed by atoms with Crippen LogP contribution in [0.1, 0.15) is 5.56 Å². The molecule has 15 heavy (non-hydrogen) atoms. The van der Waals surface area contributed by atoms with Crippen molar-refractivity contribution in [2.75, 3.05) is 6.54 Å². The van der Waals surface area contributed by atoms with Gasteiger partial charge in [0.15, 0.2) is 0 Å². The molecule has 1 aromatic carbocycles. The van der Waals surface area contributed by atoms with E-state index in [9.17, 15) is 13.6 Å². The van der Waals surface area contributed by atoms with Crippen LogP contribution < -0.4 is 5.32 Å². The van der Waals surface area contributed by atoms with Crippen molar-refractivity contribution in [2.45, 2.75) is 17.7 Å². The first-order valence-electron chi connectivity index (χ1n) is 4.40. The molecule has 0 saturated heterocycles. The molecule has 0 radical (unpaired) electrons. The standard InChI is InChI=1S/C10H11F2NOS/c11-9(12)6-13-10(14)5-7-1-3-8(15)4-2-7/h1-4,9,15H,5-6H2,(H,13,14). The van der Waals surface area contributed by atoms with Crippen molar-refractivity contribution in [1.82, 2.24) is 5.32 Å². The molecule has 0 aliphatic heterocycles. The van der Waals surface area contributed by atoms with Crippen LogP contribution in [0, 0.1) is 0 Å². The third-order valence-electron chi connectivity index (χ3n) is 1.75. The lowest BCUT2D eigenvalue weighted by molar-refractivity contribution is -0.121. The highest BCUT2D eigenvalue weighted by atomic mass is 32.1. The second kappa shape index (κ2) is 5.70.